The number of hydrogen-bond donors (Lipinski definition) is 1. The van der Waals surface area contributed by atoms with Gasteiger partial charge in [0, 0.05) is 12.2 Å². The molecule has 2 aromatic heterocycles. The number of hydrogen-bond acceptors (Lipinski definition) is 5. The Morgan fingerprint density at radius 2 is 2.12 bits per heavy atom. The van der Waals surface area contributed by atoms with Crippen molar-refractivity contribution in [2.75, 3.05) is 11.1 Å². The van der Waals surface area contributed by atoms with Crippen LogP contribution in [-0.2, 0) is 11.3 Å². The number of rotatable bonds is 7. The first-order chi connectivity index (χ1) is 12.6. The van der Waals surface area contributed by atoms with Crippen molar-refractivity contribution in [3.05, 3.63) is 46.8 Å². The normalized spacial score (nSPS) is 10.9. The lowest BCUT2D eigenvalue weighted by Crippen LogP contribution is -2.15. The summed E-state index contributed by atoms with van der Waals surface area (Å²) in [4.78, 5) is 13.5. The molecule has 0 spiro atoms. The van der Waals surface area contributed by atoms with E-state index in [9.17, 15) is 4.79 Å². The van der Waals surface area contributed by atoms with Gasteiger partial charge in [0.1, 0.15) is 0 Å². The van der Waals surface area contributed by atoms with E-state index in [1.807, 2.05) is 49.6 Å². The van der Waals surface area contributed by atoms with Gasteiger partial charge in [-0.2, -0.15) is 0 Å². The van der Waals surface area contributed by atoms with Crippen LogP contribution in [0.1, 0.15) is 24.5 Å². The van der Waals surface area contributed by atoms with Gasteiger partial charge in [-0.25, -0.2) is 0 Å². The first-order valence-corrected chi connectivity index (χ1v) is 10.4. The molecule has 5 nitrogen and oxygen atoms in total. The molecule has 0 unspecified atom stereocenters. The Bertz CT molecular complexity index is 887. The minimum Gasteiger partial charge on any atom is -0.325 e. The highest BCUT2D eigenvalue weighted by Gasteiger charge is 2.16. The lowest BCUT2D eigenvalue weighted by atomic mass is 10.1. The number of benzene rings is 1. The van der Waals surface area contributed by atoms with Gasteiger partial charge in [-0.15, -0.1) is 21.5 Å². The fourth-order valence-corrected chi connectivity index (χ4v) is 4.08. The maximum atomic E-state index is 12.4. The minimum atomic E-state index is -0.0348. The smallest absolute Gasteiger partial charge is 0.234 e. The number of amides is 1. The minimum absolute atomic E-state index is 0.0348. The van der Waals surface area contributed by atoms with Gasteiger partial charge in [0.25, 0.3) is 0 Å². The number of carbonyl (C=O) groups excluding carboxylic acids is 1. The maximum absolute atomic E-state index is 12.4. The summed E-state index contributed by atoms with van der Waals surface area (Å²) < 4.78 is 2.10. The Kier molecular flexibility index (Phi) is 6.11. The van der Waals surface area contributed by atoms with Gasteiger partial charge in [0.05, 0.1) is 10.6 Å². The largest absolute Gasteiger partial charge is 0.325 e. The fourth-order valence-electron chi connectivity index (χ4n) is 2.60. The Labute approximate surface area is 161 Å². The predicted molar refractivity (Wildman–Crippen MR) is 109 cm³/mol. The summed E-state index contributed by atoms with van der Waals surface area (Å²) in [7, 11) is 0. The Hall–Kier alpha value is -2.12. The van der Waals surface area contributed by atoms with Crippen LogP contribution in [0.25, 0.3) is 10.7 Å². The van der Waals surface area contributed by atoms with Crippen LogP contribution in [0.4, 0.5) is 5.69 Å². The summed E-state index contributed by atoms with van der Waals surface area (Å²) in [5.74, 6) is 1.14. The number of thiophene rings is 1. The molecule has 0 aliphatic heterocycles. The van der Waals surface area contributed by atoms with E-state index in [1.165, 1.54) is 11.8 Å². The van der Waals surface area contributed by atoms with Crippen LogP contribution in [0, 0.1) is 13.8 Å². The molecule has 0 saturated carbocycles. The summed E-state index contributed by atoms with van der Waals surface area (Å²) in [6, 6.07) is 10.1. The molecule has 0 saturated heterocycles. The van der Waals surface area contributed by atoms with Crippen LogP contribution in [0.15, 0.2) is 40.9 Å². The van der Waals surface area contributed by atoms with Crippen LogP contribution in [0.5, 0.6) is 0 Å². The zero-order chi connectivity index (χ0) is 18.5. The molecule has 136 valence electrons. The maximum Gasteiger partial charge on any atom is 0.234 e. The van der Waals surface area contributed by atoms with Gasteiger partial charge >= 0.3 is 0 Å². The number of aromatic nitrogens is 3. The summed E-state index contributed by atoms with van der Waals surface area (Å²) >= 11 is 3.07. The zero-order valence-corrected chi connectivity index (χ0v) is 16.8. The van der Waals surface area contributed by atoms with Crippen LogP contribution >= 0.6 is 23.1 Å². The number of thioether (sulfide) groups is 1. The van der Waals surface area contributed by atoms with Crippen molar-refractivity contribution < 1.29 is 4.79 Å². The second-order valence-electron chi connectivity index (χ2n) is 6.09. The van der Waals surface area contributed by atoms with E-state index in [4.69, 9.17) is 0 Å². The number of nitrogens with one attached hydrogen (secondary N) is 1. The lowest BCUT2D eigenvalue weighted by molar-refractivity contribution is -0.113. The van der Waals surface area contributed by atoms with E-state index < -0.39 is 0 Å². The molecule has 7 heteroatoms. The van der Waals surface area contributed by atoms with Crippen molar-refractivity contribution in [3.8, 4) is 10.7 Å². The average Bonchev–Trinajstić information content (AvgIpc) is 3.26. The summed E-state index contributed by atoms with van der Waals surface area (Å²) in [6.45, 7) is 6.97. The van der Waals surface area contributed by atoms with Gasteiger partial charge in [0.15, 0.2) is 11.0 Å². The number of carbonyl (C=O) groups is 1. The molecule has 26 heavy (non-hydrogen) atoms. The second-order valence-corrected chi connectivity index (χ2v) is 7.98. The van der Waals surface area contributed by atoms with E-state index >= 15 is 0 Å². The highest BCUT2D eigenvalue weighted by Crippen LogP contribution is 2.27. The van der Waals surface area contributed by atoms with Crippen molar-refractivity contribution in [2.24, 2.45) is 0 Å². The van der Waals surface area contributed by atoms with E-state index in [0.29, 0.717) is 5.75 Å². The van der Waals surface area contributed by atoms with Crippen molar-refractivity contribution >= 4 is 34.7 Å². The monoisotopic (exact) mass is 386 g/mol. The number of aryl methyl sites for hydroxylation is 2. The Morgan fingerprint density at radius 1 is 1.27 bits per heavy atom. The first kappa shape index (κ1) is 18.7. The highest BCUT2D eigenvalue weighted by atomic mass is 32.2. The molecule has 1 amide bonds. The van der Waals surface area contributed by atoms with E-state index in [-0.39, 0.29) is 5.91 Å². The van der Waals surface area contributed by atoms with Gasteiger partial charge in [-0.3, -0.25) is 4.79 Å². The van der Waals surface area contributed by atoms with Crippen LogP contribution < -0.4 is 5.32 Å². The summed E-state index contributed by atoms with van der Waals surface area (Å²) in [5, 5.41) is 14.4. The highest BCUT2D eigenvalue weighted by molar-refractivity contribution is 7.99. The SMILES string of the molecule is CCCn1c(SCC(=O)Nc2cc(C)ccc2C)nnc1-c1cccs1. The number of nitrogens with zero attached hydrogens (tertiary/aromatic N) is 3. The molecular weight excluding hydrogens is 364 g/mol. The molecule has 1 aromatic carbocycles. The molecule has 0 fully saturated rings. The third-order valence-corrected chi connectivity index (χ3v) is 5.74. The summed E-state index contributed by atoms with van der Waals surface area (Å²) in [5.41, 5.74) is 3.05. The molecule has 3 rings (SSSR count). The molecule has 0 aliphatic carbocycles. The van der Waals surface area contributed by atoms with Crippen molar-refractivity contribution in [3.63, 3.8) is 0 Å². The van der Waals surface area contributed by atoms with Crippen molar-refractivity contribution in [1.29, 1.82) is 0 Å². The van der Waals surface area contributed by atoms with E-state index in [2.05, 4.69) is 27.0 Å². The number of anilines is 1. The predicted octanol–water partition coefficient (Wildman–Crippen LogP) is 4.76. The zero-order valence-electron chi connectivity index (χ0n) is 15.2. The molecule has 0 radical (unpaired) electrons. The van der Waals surface area contributed by atoms with E-state index in [0.717, 1.165) is 45.6 Å². The van der Waals surface area contributed by atoms with Crippen LogP contribution in [-0.4, -0.2) is 26.4 Å². The quantitative estimate of drug-likeness (QED) is 0.595. The molecule has 0 atom stereocenters. The van der Waals surface area contributed by atoms with Gasteiger partial charge < -0.3 is 9.88 Å². The lowest BCUT2D eigenvalue weighted by Gasteiger charge is -2.10. The average molecular weight is 387 g/mol. The third-order valence-electron chi connectivity index (χ3n) is 3.91. The molecule has 0 aliphatic rings. The molecule has 2 heterocycles. The van der Waals surface area contributed by atoms with Crippen molar-refractivity contribution in [2.45, 2.75) is 38.9 Å². The van der Waals surface area contributed by atoms with E-state index in [1.54, 1.807) is 11.3 Å². The molecular formula is C19H22N4OS2. The Morgan fingerprint density at radius 3 is 2.85 bits per heavy atom. The van der Waals surface area contributed by atoms with Gasteiger partial charge in [0.2, 0.25) is 5.91 Å². The Balaban J connectivity index is 1.69. The van der Waals surface area contributed by atoms with Crippen molar-refractivity contribution in [1.82, 2.24) is 14.8 Å². The standard InChI is InChI=1S/C19H22N4OS2/c1-4-9-23-18(16-6-5-10-25-16)21-22-19(23)26-12-17(24)20-15-11-13(2)7-8-14(15)3/h5-8,10-11H,4,9,12H2,1-3H3,(H,20,24). The third kappa shape index (κ3) is 4.34. The van der Waals surface area contributed by atoms with Crippen LogP contribution in [0.2, 0.25) is 0 Å². The summed E-state index contributed by atoms with van der Waals surface area (Å²) in [6.07, 6.45) is 0.985. The van der Waals surface area contributed by atoms with Crippen LogP contribution in [0.3, 0.4) is 0 Å². The first-order valence-electron chi connectivity index (χ1n) is 8.55. The molecule has 1 N–H and O–H groups in total. The topological polar surface area (TPSA) is 59.8 Å². The van der Waals surface area contributed by atoms with Gasteiger partial charge in [-0.1, -0.05) is 36.9 Å². The second kappa shape index (κ2) is 8.51. The molecule has 3 aromatic rings. The fraction of sp³-hybridized carbons (Fsp3) is 0.316. The van der Waals surface area contributed by atoms with Gasteiger partial charge in [-0.05, 0) is 48.9 Å². The molecule has 0 bridgehead atoms.